The molecule has 4 amide bonds. The summed E-state index contributed by atoms with van der Waals surface area (Å²) < 4.78 is 11.9. The number of nitrogens with one attached hydrogen (secondary N) is 2. The second-order valence-electron chi connectivity index (χ2n) is 9.78. The molecule has 3 aromatic rings. The second kappa shape index (κ2) is 13.3. The van der Waals surface area contributed by atoms with Crippen LogP contribution in [0.25, 0.3) is 6.08 Å². The average molecular weight is 653 g/mol. The number of imide groups is 1. The van der Waals surface area contributed by atoms with Gasteiger partial charge in [0.05, 0.1) is 17.7 Å². The highest BCUT2D eigenvalue weighted by Gasteiger charge is 2.36. The topological polar surface area (TPSA) is 114 Å². The molecule has 11 heteroatoms. The average Bonchev–Trinajstić information content (AvgIpc) is 3.20. The van der Waals surface area contributed by atoms with Gasteiger partial charge in [0.1, 0.15) is 6.54 Å². The Morgan fingerprint density at radius 3 is 2.31 bits per heavy atom. The van der Waals surface area contributed by atoms with Gasteiger partial charge in [-0.2, -0.15) is 0 Å². The van der Waals surface area contributed by atoms with Crippen LogP contribution in [-0.2, 0) is 14.4 Å². The highest BCUT2D eigenvalue weighted by atomic mass is 79.9. The Bertz CT molecular complexity index is 1620. The number of anilines is 2. The maximum Gasteiger partial charge on any atom is 0.294 e. The Kier molecular flexibility index (Phi) is 9.74. The summed E-state index contributed by atoms with van der Waals surface area (Å²) in [5.41, 5.74) is 6.07. The van der Waals surface area contributed by atoms with E-state index in [2.05, 4.69) is 26.6 Å². The normalized spacial score (nSPS) is 13.9. The molecule has 0 atom stereocenters. The summed E-state index contributed by atoms with van der Waals surface area (Å²) in [6.45, 7) is 7.20. The SMILES string of the molecule is COc1cc(/C=C2/SC(=O)N(CC(=O)Nc3ccc(C)c(C)c3)C2=O)ccc1OCC(=O)Nc1cc(C)c(C)cc1Br. The van der Waals surface area contributed by atoms with Crippen LogP contribution in [0.3, 0.4) is 0 Å². The van der Waals surface area contributed by atoms with E-state index in [1.807, 2.05) is 52.0 Å². The van der Waals surface area contributed by atoms with Gasteiger partial charge in [0.25, 0.3) is 17.1 Å². The molecule has 0 radical (unpaired) electrons. The van der Waals surface area contributed by atoms with E-state index in [-0.39, 0.29) is 17.4 Å². The van der Waals surface area contributed by atoms with Crippen molar-refractivity contribution in [3.8, 4) is 11.5 Å². The zero-order chi connectivity index (χ0) is 30.6. The number of benzene rings is 3. The van der Waals surface area contributed by atoms with Crippen LogP contribution in [0.4, 0.5) is 16.2 Å². The molecule has 1 heterocycles. The monoisotopic (exact) mass is 651 g/mol. The molecule has 1 aliphatic rings. The van der Waals surface area contributed by atoms with Crippen LogP contribution in [0.15, 0.2) is 57.9 Å². The number of halogens is 1. The van der Waals surface area contributed by atoms with E-state index in [4.69, 9.17) is 9.47 Å². The molecule has 1 fully saturated rings. The summed E-state index contributed by atoms with van der Waals surface area (Å²) in [5.74, 6) is -0.705. The zero-order valence-electron chi connectivity index (χ0n) is 23.8. The molecule has 0 spiro atoms. The first-order chi connectivity index (χ1) is 19.9. The molecule has 0 aliphatic carbocycles. The van der Waals surface area contributed by atoms with Crippen molar-refractivity contribution in [2.24, 2.45) is 0 Å². The molecule has 3 aromatic carbocycles. The molecule has 218 valence electrons. The Balaban J connectivity index is 1.38. The predicted molar refractivity (Wildman–Crippen MR) is 168 cm³/mol. The fourth-order valence-corrected chi connectivity index (χ4v) is 5.45. The van der Waals surface area contributed by atoms with Crippen molar-refractivity contribution in [3.05, 3.63) is 85.7 Å². The van der Waals surface area contributed by atoms with Gasteiger partial charge in [0.15, 0.2) is 18.1 Å². The number of amides is 4. The third-order valence-corrected chi connectivity index (χ3v) is 8.23. The van der Waals surface area contributed by atoms with Crippen LogP contribution in [0.1, 0.15) is 27.8 Å². The van der Waals surface area contributed by atoms with Gasteiger partial charge in [-0.1, -0.05) is 12.1 Å². The standard InChI is InChI=1S/C31H30BrN3O6S/c1-17-6-8-22(10-18(17)2)33-28(36)15-35-30(38)27(42-31(35)39)14-21-7-9-25(26(13-21)40-5)41-16-29(37)34-24-12-20(4)19(3)11-23(24)32/h6-14H,15-16H2,1-5H3,(H,33,36)(H,34,37)/b27-14+. The minimum absolute atomic E-state index is 0.174. The number of carbonyl (C=O) groups excluding carboxylic acids is 4. The highest BCUT2D eigenvalue weighted by molar-refractivity contribution is 9.10. The fraction of sp³-hybridized carbons (Fsp3) is 0.226. The van der Waals surface area contributed by atoms with Gasteiger partial charge in [-0.3, -0.25) is 24.1 Å². The first kappa shape index (κ1) is 30.9. The van der Waals surface area contributed by atoms with Gasteiger partial charge in [0, 0.05) is 10.2 Å². The van der Waals surface area contributed by atoms with E-state index in [0.29, 0.717) is 28.4 Å². The highest BCUT2D eigenvalue weighted by Crippen LogP contribution is 2.35. The van der Waals surface area contributed by atoms with Gasteiger partial charge in [-0.25, -0.2) is 0 Å². The van der Waals surface area contributed by atoms with E-state index in [1.54, 1.807) is 30.3 Å². The largest absolute Gasteiger partial charge is 0.493 e. The molecule has 0 unspecified atom stereocenters. The predicted octanol–water partition coefficient (Wildman–Crippen LogP) is 6.38. The van der Waals surface area contributed by atoms with Gasteiger partial charge >= 0.3 is 0 Å². The summed E-state index contributed by atoms with van der Waals surface area (Å²) in [6, 6.07) is 14.2. The summed E-state index contributed by atoms with van der Waals surface area (Å²) in [4.78, 5) is 51.7. The van der Waals surface area contributed by atoms with E-state index in [9.17, 15) is 19.2 Å². The van der Waals surface area contributed by atoms with Crippen molar-refractivity contribution in [3.63, 3.8) is 0 Å². The first-order valence-electron chi connectivity index (χ1n) is 12.9. The number of ether oxygens (including phenoxy) is 2. The van der Waals surface area contributed by atoms with Crippen molar-refractivity contribution in [2.75, 3.05) is 30.9 Å². The number of methoxy groups -OCH3 is 1. The van der Waals surface area contributed by atoms with E-state index < -0.39 is 23.6 Å². The minimum Gasteiger partial charge on any atom is -0.493 e. The maximum atomic E-state index is 13.0. The Hall–Kier alpha value is -4.09. The quantitative estimate of drug-likeness (QED) is 0.258. The third kappa shape index (κ3) is 7.40. The lowest BCUT2D eigenvalue weighted by atomic mass is 10.1. The summed E-state index contributed by atoms with van der Waals surface area (Å²) in [5, 5.41) is 5.02. The Morgan fingerprint density at radius 1 is 0.881 bits per heavy atom. The summed E-state index contributed by atoms with van der Waals surface area (Å²) in [7, 11) is 1.46. The number of thioether (sulfide) groups is 1. The molecular formula is C31H30BrN3O6S. The van der Waals surface area contributed by atoms with Crippen molar-refractivity contribution >= 4 is 68.1 Å². The van der Waals surface area contributed by atoms with Crippen molar-refractivity contribution in [1.82, 2.24) is 4.90 Å². The van der Waals surface area contributed by atoms with Crippen molar-refractivity contribution in [2.45, 2.75) is 27.7 Å². The van der Waals surface area contributed by atoms with Crippen LogP contribution in [0.5, 0.6) is 11.5 Å². The molecular weight excluding hydrogens is 622 g/mol. The van der Waals surface area contributed by atoms with E-state index in [0.717, 1.165) is 43.4 Å². The molecule has 1 saturated heterocycles. The Morgan fingerprint density at radius 2 is 1.60 bits per heavy atom. The van der Waals surface area contributed by atoms with Crippen molar-refractivity contribution < 1.29 is 28.7 Å². The number of carbonyl (C=O) groups is 4. The lowest BCUT2D eigenvalue weighted by Crippen LogP contribution is -2.36. The second-order valence-corrected chi connectivity index (χ2v) is 11.6. The van der Waals surface area contributed by atoms with Crippen LogP contribution >= 0.6 is 27.7 Å². The number of hydrogen-bond acceptors (Lipinski definition) is 7. The van der Waals surface area contributed by atoms with E-state index >= 15 is 0 Å². The van der Waals surface area contributed by atoms with Gasteiger partial charge < -0.3 is 20.1 Å². The molecule has 42 heavy (non-hydrogen) atoms. The summed E-state index contributed by atoms with van der Waals surface area (Å²) in [6.07, 6.45) is 1.54. The molecule has 4 rings (SSSR count). The maximum absolute atomic E-state index is 13.0. The lowest BCUT2D eigenvalue weighted by Gasteiger charge is -2.13. The molecule has 0 aromatic heterocycles. The van der Waals surface area contributed by atoms with Crippen molar-refractivity contribution in [1.29, 1.82) is 0 Å². The lowest BCUT2D eigenvalue weighted by molar-refractivity contribution is -0.127. The fourth-order valence-electron chi connectivity index (χ4n) is 4.05. The van der Waals surface area contributed by atoms with Crippen LogP contribution < -0.4 is 20.1 Å². The summed E-state index contributed by atoms with van der Waals surface area (Å²) >= 11 is 4.22. The van der Waals surface area contributed by atoms with Crippen LogP contribution in [-0.4, -0.2) is 48.1 Å². The zero-order valence-corrected chi connectivity index (χ0v) is 26.2. The van der Waals surface area contributed by atoms with Gasteiger partial charge in [0.2, 0.25) is 5.91 Å². The Labute approximate surface area is 256 Å². The molecule has 1 aliphatic heterocycles. The third-order valence-electron chi connectivity index (χ3n) is 6.67. The number of aryl methyl sites for hydroxylation is 4. The van der Waals surface area contributed by atoms with Crippen LogP contribution in [0, 0.1) is 27.7 Å². The molecule has 0 bridgehead atoms. The van der Waals surface area contributed by atoms with Crippen LogP contribution in [0.2, 0.25) is 0 Å². The van der Waals surface area contributed by atoms with E-state index in [1.165, 1.54) is 7.11 Å². The molecule has 2 N–H and O–H groups in total. The van der Waals surface area contributed by atoms with Gasteiger partial charge in [-0.15, -0.1) is 0 Å². The number of hydrogen-bond donors (Lipinski definition) is 2. The smallest absolute Gasteiger partial charge is 0.294 e. The number of nitrogens with zero attached hydrogens (tertiary/aromatic N) is 1. The number of rotatable bonds is 9. The minimum atomic E-state index is -0.561. The molecule has 9 nitrogen and oxygen atoms in total. The molecule has 0 saturated carbocycles. The van der Waals surface area contributed by atoms with Gasteiger partial charge in [-0.05, 0) is 126 Å². The first-order valence-corrected chi connectivity index (χ1v) is 14.6.